The number of thioether (sulfide) groups is 1. The Kier molecular flexibility index (Phi) is 6.57. The van der Waals surface area contributed by atoms with Crippen molar-refractivity contribution >= 4 is 45.9 Å². The maximum absolute atomic E-state index is 13.5. The van der Waals surface area contributed by atoms with Crippen LogP contribution in [0.15, 0.2) is 86.1 Å². The Morgan fingerprint density at radius 3 is 2.82 bits per heavy atom. The van der Waals surface area contributed by atoms with Crippen molar-refractivity contribution in [2.24, 2.45) is 9.98 Å². The van der Waals surface area contributed by atoms with Crippen molar-refractivity contribution in [3.05, 3.63) is 100.0 Å². The molecule has 2 aliphatic heterocycles. The molecule has 39 heavy (non-hydrogen) atoms. The van der Waals surface area contributed by atoms with Crippen LogP contribution in [0.1, 0.15) is 35.6 Å². The quantitative estimate of drug-likeness (QED) is 0.382. The molecular formula is C28H24N6O4S. The molecule has 11 heteroatoms. The fourth-order valence-corrected chi connectivity index (χ4v) is 5.51. The number of pyridine rings is 1. The number of nitrogens with zero attached hydrogens (tertiary/aromatic N) is 5. The minimum absolute atomic E-state index is 0.146. The lowest BCUT2D eigenvalue weighted by molar-refractivity contribution is -0.125. The SMILES string of the molecule is Cc1cccc2nc(CSC3=Nc4ccccc4C4=N[C@H](CCC(=O)NCc5ccco5)C(=O)N34)cc(=O)n12. The van der Waals surface area contributed by atoms with E-state index in [2.05, 4.69) is 10.3 Å². The Labute approximate surface area is 227 Å². The number of aromatic nitrogens is 2. The molecule has 0 saturated heterocycles. The average molecular weight is 541 g/mol. The summed E-state index contributed by atoms with van der Waals surface area (Å²) in [5.74, 6) is 1.11. The molecule has 6 rings (SSSR count). The van der Waals surface area contributed by atoms with E-state index in [0.29, 0.717) is 39.5 Å². The van der Waals surface area contributed by atoms with Gasteiger partial charge in [0, 0.05) is 29.5 Å². The third-order valence-corrected chi connectivity index (χ3v) is 7.49. The number of hydrogen-bond donors (Lipinski definition) is 1. The maximum atomic E-state index is 13.5. The number of furan rings is 1. The number of para-hydroxylation sites is 1. The second kappa shape index (κ2) is 10.3. The highest BCUT2D eigenvalue weighted by Gasteiger charge is 2.41. The van der Waals surface area contributed by atoms with Gasteiger partial charge in [0.2, 0.25) is 5.91 Å². The van der Waals surface area contributed by atoms with E-state index < -0.39 is 6.04 Å². The van der Waals surface area contributed by atoms with Gasteiger partial charge >= 0.3 is 0 Å². The van der Waals surface area contributed by atoms with Gasteiger partial charge in [-0.3, -0.25) is 23.8 Å². The number of aryl methyl sites for hydroxylation is 1. The molecule has 0 fully saturated rings. The van der Waals surface area contributed by atoms with Crippen molar-refractivity contribution in [1.82, 2.24) is 19.6 Å². The summed E-state index contributed by atoms with van der Waals surface area (Å²) in [4.78, 5) is 54.2. The Morgan fingerprint density at radius 2 is 1.97 bits per heavy atom. The summed E-state index contributed by atoms with van der Waals surface area (Å²) in [7, 11) is 0. The molecule has 0 unspecified atom stereocenters. The molecule has 1 atom stereocenters. The molecular weight excluding hydrogens is 516 g/mol. The highest BCUT2D eigenvalue weighted by molar-refractivity contribution is 8.13. The predicted molar refractivity (Wildman–Crippen MR) is 148 cm³/mol. The molecule has 0 spiro atoms. The van der Waals surface area contributed by atoms with Crippen LogP contribution >= 0.6 is 11.8 Å². The smallest absolute Gasteiger partial charge is 0.259 e. The Balaban J connectivity index is 1.20. The van der Waals surface area contributed by atoms with E-state index in [4.69, 9.17) is 14.4 Å². The first-order chi connectivity index (χ1) is 19.0. The van der Waals surface area contributed by atoms with Gasteiger partial charge in [-0.2, -0.15) is 0 Å². The van der Waals surface area contributed by atoms with E-state index in [1.54, 1.807) is 28.9 Å². The molecule has 0 saturated carbocycles. The molecule has 10 nitrogen and oxygen atoms in total. The van der Waals surface area contributed by atoms with Crippen LogP contribution in [-0.2, 0) is 21.9 Å². The van der Waals surface area contributed by atoms with Crippen LogP contribution in [0.25, 0.3) is 5.65 Å². The Bertz CT molecular complexity index is 1710. The van der Waals surface area contributed by atoms with Crippen molar-refractivity contribution in [2.45, 2.75) is 38.1 Å². The number of fused-ring (bicyclic) bond motifs is 4. The topological polar surface area (TPSA) is 122 Å². The number of nitrogens with one attached hydrogen (secondary N) is 1. The molecule has 1 N–H and O–H groups in total. The molecule has 196 valence electrons. The van der Waals surface area contributed by atoms with Gasteiger partial charge in [0.05, 0.1) is 24.2 Å². The Hall–Kier alpha value is -4.51. The summed E-state index contributed by atoms with van der Waals surface area (Å²) in [5.41, 5.74) is 3.28. The van der Waals surface area contributed by atoms with Gasteiger partial charge in [0.1, 0.15) is 23.3 Å². The van der Waals surface area contributed by atoms with Gasteiger partial charge in [-0.05, 0) is 49.7 Å². The first-order valence-corrected chi connectivity index (χ1v) is 13.5. The monoisotopic (exact) mass is 540 g/mol. The number of hydrogen-bond acceptors (Lipinski definition) is 8. The van der Waals surface area contributed by atoms with Crippen LogP contribution < -0.4 is 10.9 Å². The zero-order valence-electron chi connectivity index (χ0n) is 21.0. The van der Waals surface area contributed by atoms with Crippen molar-refractivity contribution < 1.29 is 14.0 Å². The predicted octanol–water partition coefficient (Wildman–Crippen LogP) is 3.58. The van der Waals surface area contributed by atoms with E-state index in [9.17, 15) is 14.4 Å². The van der Waals surface area contributed by atoms with E-state index in [0.717, 1.165) is 11.3 Å². The summed E-state index contributed by atoms with van der Waals surface area (Å²) < 4.78 is 6.80. The van der Waals surface area contributed by atoms with E-state index in [1.165, 1.54) is 22.7 Å². The number of rotatable bonds is 7. The second-order valence-corrected chi connectivity index (χ2v) is 10.1. The average Bonchev–Trinajstić information content (AvgIpc) is 3.57. The van der Waals surface area contributed by atoms with Gasteiger partial charge in [0.15, 0.2) is 5.17 Å². The minimum atomic E-state index is -0.697. The van der Waals surface area contributed by atoms with Crippen LogP contribution in [0.3, 0.4) is 0 Å². The maximum Gasteiger partial charge on any atom is 0.259 e. The zero-order valence-corrected chi connectivity index (χ0v) is 21.9. The number of carbonyl (C=O) groups excluding carboxylic acids is 2. The van der Waals surface area contributed by atoms with Gasteiger partial charge in [-0.1, -0.05) is 30.0 Å². The number of amides is 2. The van der Waals surface area contributed by atoms with Crippen molar-refractivity contribution in [3.63, 3.8) is 0 Å². The van der Waals surface area contributed by atoms with Crippen LogP contribution in [0, 0.1) is 6.92 Å². The normalized spacial score (nSPS) is 16.1. The molecule has 2 aliphatic rings. The molecule has 5 heterocycles. The van der Waals surface area contributed by atoms with Crippen molar-refractivity contribution in [3.8, 4) is 0 Å². The molecule has 0 bridgehead atoms. The minimum Gasteiger partial charge on any atom is -0.467 e. The summed E-state index contributed by atoms with van der Waals surface area (Å²) in [6.45, 7) is 2.15. The van der Waals surface area contributed by atoms with Gasteiger partial charge in [-0.25, -0.2) is 14.9 Å². The van der Waals surface area contributed by atoms with Gasteiger partial charge in [-0.15, -0.1) is 0 Å². The zero-order chi connectivity index (χ0) is 26.9. The van der Waals surface area contributed by atoms with Crippen LogP contribution in [0.5, 0.6) is 0 Å². The summed E-state index contributed by atoms with van der Waals surface area (Å²) in [6.07, 6.45) is 1.97. The fourth-order valence-electron chi connectivity index (χ4n) is 4.62. The highest BCUT2D eigenvalue weighted by atomic mass is 32.2. The molecule has 3 aromatic heterocycles. The summed E-state index contributed by atoms with van der Waals surface area (Å²) >= 11 is 1.32. The Morgan fingerprint density at radius 1 is 1.10 bits per heavy atom. The highest BCUT2D eigenvalue weighted by Crippen LogP contribution is 2.35. The first kappa shape index (κ1) is 24.8. The van der Waals surface area contributed by atoms with E-state index >= 15 is 0 Å². The molecule has 1 aromatic carbocycles. The third kappa shape index (κ3) is 4.88. The lowest BCUT2D eigenvalue weighted by Gasteiger charge is -2.25. The number of carbonyl (C=O) groups is 2. The van der Waals surface area contributed by atoms with Crippen LogP contribution in [0.2, 0.25) is 0 Å². The third-order valence-electron chi connectivity index (χ3n) is 6.51. The summed E-state index contributed by atoms with van der Waals surface area (Å²) in [6, 6.07) is 17.4. The molecule has 0 aliphatic carbocycles. The largest absolute Gasteiger partial charge is 0.467 e. The standard InChI is InChI=1S/C28H24N6O4S/c1-17-6-4-10-23-30-18(14-25(36)33(17)23)16-39-28-32-21-9-3-2-8-20(21)26-31-22(27(37)34(26)28)11-12-24(35)29-15-19-7-5-13-38-19/h2-10,13-14,22H,11-12,15-16H2,1H3,(H,29,35)/t22-/m1/s1. The number of amidine groups is 2. The lowest BCUT2D eigenvalue weighted by Crippen LogP contribution is -2.41. The molecule has 4 aromatic rings. The van der Waals surface area contributed by atoms with Crippen molar-refractivity contribution in [2.75, 3.05) is 0 Å². The van der Waals surface area contributed by atoms with Crippen LogP contribution in [0.4, 0.5) is 5.69 Å². The second-order valence-electron chi connectivity index (χ2n) is 9.18. The number of benzene rings is 1. The summed E-state index contributed by atoms with van der Waals surface area (Å²) in [5, 5.41) is 3.27. The molecule has 0 radical (unpaired) electrons. The van der Waals surface area contributed by atoms with Gasteiger partial charge < -0.3 is 9.73 Å². The van der Waals surface area contributed by atoms with Gasteiger partial charge in [0.25, 0.3) is 11.5 Å². The number of aliphatic imine (C=N–C) groups is 2. The first-order valence-electron chi connectivity index (χ1n) is 12.5. The molecule has 2 amide bonds. The fraction of sp³-hybridized carbons (Fsp3) is 0.214. The van der Waals surface area contributed by atoms with Crippen LogP contribution in [-0.4, -0.2) is 43.1 Å². The van der Waals surface area contributed by atoms with E-state index in [1.807, 2.05) is 43.3 Å². The van der Waals surface area contributed by atoms with E-state index in [-0.39, 0.29) is 36.8 Å². The lowest BCUT2D eigenvalue weighted by atomic mass is 10.1. The van der Waals surface area contributed by atoms with Crippen molar-refractivity contribution in [1.29, 1.82) is 0 Å².